The van der Waals surface area contributed by atoms with E-state index < -0.39 is 36.1 Å². The van der Waals surface area contributed by atoms with Crippen LogP contribution >= 0.6 is 23.1 Å². The molecular weight excluding hydrogens is 680 g/mol. The average molecular weight is 708 g/mol. The van der Waals surface area contributed by atoms with Crippen molar-refractivity contribution >= 4 is 52.2 Å². The second-order valence-corrected chi connectivity index (χ2v) is 14.8. The molecule has 1 saturated heterocycles. The Balaban J connectivity index is 1.06. The summed E-state index contributed by atoms with van der Waals surface area (Å²) in [5.41, 5.74) is 0.00751. The Hall–Kier alpha value is -4.56. The van der Waals surface area contributed by atoms with E-state index in [1.165, 1.54) is 23.1 Å². The van der Waals surface area contributed by atoms with Gasteiger partial charge in [-0.1, -0.05) is 35.6 Å². The fourth-order valence-electron chi connectivity index (χ4n) is 8.35. The van der Waals surface area contributed by atoms with Crippen LogP contribution in [-0.2, 0) is 20.6 Å². The van der Waals surface area contributed by atoms with Crippen molar-refractivity contribution in [3.63, 3.8) is 0 Å². The minimum atomic E-state index is -4.64. The van der Waals surface area contributed by atoms with Gasteiger partial charge >= 0.3 is 11.0 Å². The van der Waals surface area contributed by atoms with Crippen molar-refractivity contribution in [2.45, 2.75) is 28.8 Å². The number of imide groups is 1. The smallest absolute Gasteiger partial charge is 0.418 e. The van der Waals surface area contributed by atoms with Crippen molar-refractivity contribution in [2.75, 3.05) is 23.9 Å². The number of nitrogens with zero attached hydrogens (tertiary/aromatic N) is 1. The molecule has 6 unspecified atom stereocenters. The fraction of sp³-hybridized carbons (Fsp3) is 0.314. The molecule has 3 fully saturated rings. The molecule has 2 bridgehead atoms. The van der Waals surface area contributed by atoms with Gasteiger partial charge in [0, 0.05) is 16.0 Å². The number of ether oxygens (including phenoxy) is 2. The largest absolute Gasteiger partial charge is 0.497 e. The highest BCUT2D eigenvalue weighted by molar-refractivity contribution is 8.00. The number of halogens is 3. The quantitative estimate of drug-likeness (QED) is 0.221. The Morgan fingerprint density at radius 3 is 2.43 bits per heavy atom. The molecule has 2 aliphatic carbocycles. The normalized spacial score (nSPS) is 26.7. The van der Waals surface area contributed by atoms with E-state index in [9.17, 15) is 32.3 Å². The van der Waals surface area contributed by atoms with Gasteiger partial charge in [-0.05, 0) is 78.3 Å². The van der Waals surface area contributed by atoms with Crippen molar-refractivity contribution < 1.29 is 37.0 Å². The molecule has 1 aromatic heterocycles. The maximum absolute atomic E-state index is 14.0. The third-order valence-electron chi connectivity index (χ3n) is 10.1. The third-order valence-corrected chi connectivity index (χ3v) is 12.7. The maximum atomic E-state index is 14.0. The number of carbonyl (C=O) groups excluding carboxylic acids is 3. The fourth-order valence-corrected chi connectivity index (χ4v) is 11.2. The van der Waals surface area contributed by atoms with Crippen LogP contribution in [0.2, 0.25) is 0 Å². The lowest BCUT2D eigenvalue weighted by Gasteiger charge is -2.43. The summed E-state index contributed by atoms with van der Waals surface area (Å²) in [4.78, 5) is 58.1. The summed E-state index contributed by atoms with van der Waals surface area (Å²) < 4.78 is 51.3. The number of amides is 3. The number of thiazole rings is 1. The topological polar surface area (TPSA) is 118 Å². The molecule has 3 heterocycles. The number of thioether (sulfide) groups is 1. The first-order valence-corrected chi connectivity index (χ1v) is 17.3. The Morgan fingerprint density at radius 1 is 0.959 bits per heavy atom. The van der Waals surface area contributed by atoms with Gasteiger partial charge in [0.1, 0.15) is 11.5 Å². The van der Waals surface area contributed by atoms with E-state index >= 15 is 0 Å². The molecule has 2 aliphatic heterocycles. The zero-order valence-electron chi connectivity index (χ0n) is 25.7. The number of benzene rings is 3. The highest BCUT2D eigenvalue weighted by Crippen LogP contribution is 2.68. The lowest BCUT2D eigenvalue weighted by atomic mass is 9.68. The van der Waals surface area contributed by atoms with Crippen molar-refractivity contribution in [2.24, 2.45) is 29.6 Å². The van der Waals surface area contributed by atoms with Gasteiger partial charge in [0.15, 0.2) is 6.61 Å². The summed E-state index contributed by atoms with van der Waals surface area (Å²) in [5.74, 6) is -1.65. The molecule has 0 radical (unpaired) electrons. The molecular formula is C35H28F3N3O6S2. The summed E-state index contributed by atoms with van der Waals surface area (Å²) in [6.07, 6.45) is -3.92. The standard InChI is InChI=1S/C35H28F3N3O6S2/c1-46-18-11-9-17(10-12-18)41-32(43)27-20-14-21(28(27)33(41)44)29-26(20)25(30-31(48-29)40-34(45)49-30)16-5-4-6-19(13-16)47-15-24(42)39-23-8-3-2-7-22(23)35(36,37)38/h2-13,20-21,25-29H,14-15H2,1H3,(H,39,42)(H,40,45)/t20?,21?,25-,26?,27?,28?,29?/m1/s1. The van der Waals surface area contributed by atoms with E-state index in [1.807, 2.05) is 6.07 Å². The SMILES string of the molecule is COc1ccc(N2C(=O)C3C4CC(C3C2=O)C2C4Sc3[nH]c(=O)sc3[C@@H]2c2cccc(OCC(=O)Nc3ccccc3C(F)(F)F)c2)cc1. The lowest BCUT2D eigenvalue weighted by Crippen LogP contribution is -2.42. The molecule has 3 amide bonds. The van der Waals surface area contributed by atoms with Crippen molar-refractivity contribution in [1.29, 1.82) is 0 Å². The monoisotopic (exact) mass is 707 g/mol. The molecule has 2 saturated carbocycles. The van der Waals surface area contributed by atoms with Crippen LogP contribution in [0.25, 0.3) is 0 Å². The van der Waals surface area contributed by atoms with Crippen molar-refractivity contribution in [1.82, 2.24) is 4.98 Å². The number of anilines is 2. The van der Waals surface area contributed by atoms with E-state index in [2.05, 4.69) is 10.3 Å². The Labute approximate surface area is 285 Å². The van der Waals surface area contributed by atoms with Crippen LogP contribution < -0.4 is 24.6 Å². The van der Waals surface area contributed by atoms with Crippen LogP contribution in [0.4, 0.5) is 24.5 Å². The number of methoxy groups -OCH3 is 1. The first-order valence-electron chi connectivity index (χ1n) is 15.6. The molecule has 49 heavy (non-hydrogen) atoms. The van der Waals surface area contributed by atoms with Gasteiger partial charge in [0.05, 0.1) is 40.9 Å². The molecule has 4 aromatic rings. The highest BCUT2D eigenvalue weighted by atomic mass is 32.2. The van der Waals surface area contributed by atoms with Crippen molar-refractivity contribution in [3.8, 4) is 11.5 Å². The third kappa shape index (κ3) is 5.23. The number of rotatable bonds is 7. The molecule has 252 valence electrons. The predicted octanol–water partition coefficient (Wildman–Crippen LogP) is 6.16. The number of hydrogen-bond donors (Lipinski definition) is 2. The second kappa shape index (κ2) is 11.8. The second-order valence-electron chi connectivity index (χ2n) is 12.6. The maximum Gasteiger partial charge on any atom is 0.418 e. The summed E-state index contributed by atoms with van der Waals surface area (Å²) >= 11 is 2.70. The number of alkyl halides is 3. The van der Waals surface area contributed by atoms with Gasteiger partial charge in [0.2, 0.25) is 11.8 Å². The molecule has 7 atom stereocenters. The summed E-state index contributed by atoms with van der Waals surface area (Å²) in [6.45, 7) is -0.531. The van der Waals surface area contributed by atoms with Gasteiger partial charge in [-0.25, -0.2) is 0 Å². The van der Waals surface area contributed by atoms with Crippen LogP contribution in [0.15, 0.2) is 82.6 Å². The van der Waals surface area contributed by atoms with Gasteiger partial charge in [-0.3, -0.25) is 24.1 Å². The van der Waals surface area contributed by atoms with E-state index in [-0.39, 0.29) is 51.3 Å². The van der Waals surface area contributed by atoms with Crippen LogP contribution in [0.1, 0.15) is 28.3 Å². The predicted molar refractivity (Wildman–Crippen MR) is 176 cm³/mol. The molecule has 9 nitrogen and oxygen atoms in total. The van der Waals surface area contributed by atoms with E-state index in [0.717, 1.165) is 39.3 Å². The van der Waals surface area contributed by atoms with Crippen LogP contribution in [0.3, 0.4) is 0 Å². The first-order chi connectivity index (χ1) is 23.5. The minimum absolute atomic E-state index is 0.0226. The molecule has 2 N–H and O–H groups in total. The van der Waals surface area contributed by atoms with Crippen molar-refractivity contribution in [3.05, 3.63) is 98.5 Å². The number of para-hydroxylation sites is 1. The van der Waals surface area contributed by atoms with Gasteiger partial charge < -0.3 is 19.8 Å². The van der Waals surface area contributed by atoms with Gasteiger partial charge in [-0.2, -0.15) is 13.2 Å². The number of fused-ring (bicyclic) bond motifs is 9. The Bertz CT molecular complexity index is 2050. The van der Waals surface area contributed by atoms with Gasteiger partial charge in [0.25, 0.3) is 5.91 Å². The lowest BCUT2D eigenvalue weighted by molar-refractivity contribution is -0.137. The number of hydrogen-bond acceptors (Lipinski definition) is 8. The molecule has 3 aromatic carbocycles. The number of aromatic amines is 1. The zero-order valence-corrected chi connectivity index (χ0v) is 27.4. The van der Waals surface area contributed by atoms with Crippen LogP contribution in [0.5, 0.6) is 11.5 Å². The summed E-state index contributed by atoms with van der Waals surface area (Å²) in [7, 11) is 1.55. The number of nitrogens with one attached hydrogen (secondary N) is 2. The Kier molecular flexibility index (Phi) is 7.63. The number of H-pyrrole nitrogens is 1. The summed E-state index contributed by atoms with van der Waals surface area (Å²) in [5, 5.41) is 3.02. The molecule has 8 rings (SSSR count). The molecule has 14 heteroatoms. The Morgan fingerprint density at radius 2 is 1.69 bits per heavy atom. The van der Waals surface area contributed by atoms with E-state index in [4.69, 9.17) is 9.47 Å². The van der Waals surface area contributed by atoms with Crippen LogP contribution in [0, 0.1) is 29.6 Å². The number of carbonyl (C=O) groups is 3. The molecule has 4 aliphatic rings. The highest BCUT2D eigenvalue weighted by Gasteiger charge is 2.69. The van der Waals surface area contributed by atoms with E-state index in [0.29, 0.717) is 17.2 Å². The van der Waals surface area contributed by atoms with Crippen LogP contribution in [-0.4, -0.2) is 41.7 Å². The van der Waals surface area contributed by atoms with E-state index in [1.54, 1.807) is 61.3 Å². The van der Waals surface area contributed by atoms with Gasteiger partial charge in [-0.15, -0.1) is 11.8 Å². The summed E-state index contributed by atoms with van der Waals surface area (Å²) in [6, 6.07) is 18.7. The molecule has 0 spiro atoms. The minimum Gasteiger partial charge on any atom is -0.497 e. The first kappa shape index (κ1) is 31.7. The average Bonchev–Trinajstić information content (AvgIpc) is 3.82. The zero-order chi connectivity index (χ0) is 34.2. The number of aromatic nitrogens is 1.